The van der Waals surface area contributed by atoms with Crippen LogP contribution < -0.4 is 13.7 Å². The van der Waals surface area contributed by atoms with Crippen LogP contribution in [0.3, 0.4) is 0 Å². The minimum Gasteiger partial charge on any atom is -0.241 e. The van der Waals surface area contributed by atoms with E-state index in [0.29, 0.717) is 0 Å². The molecule has 6 aromatic carbocycles. The second kappa shape index (κ2) is 16.1. The largest absolute Gasteiger partial charge is 0.241 e. The van der Waals surface area contributed by atoms with Crippen molar-refractivity contribution in [1.82, 2.24) is 0 Å². The van der Waals surface area contributed by atoms with E-state index in [1.807, 2.05) is 30.3 Å². The van der Waals surface area contributed by atoms with Crippen LogP contribution in [-0.2, 0) is 82.8 Å². The minimum absolute atomic E-state index is 0. The summed E-state index contributed by atoms with van der Waals surface area (Å²) in [5.41, 5.74) is 16.0. The van der Waals surface area contributed by atoms with Gasteiger partial charge < -0.3 is 0 Å². The first-order chi connectivity index (χ1) is 25.3. The Kier molecular flexibility index (Phi) is 11.3. The second-order valence-corrected chi connectivity index (χ2v) is 13.3. The fourth-order valence-corrected chi connectivity index (χ4v) is 8.03. The van der Waals surface area contributed by atoms with Crippen LogP contribution >= 0.6 is 0 Å². The average molecular weight is 1200 g/mol. The normalized spacial score (nSPS) is 11.8. The zero-order valence-corrected chi connectivity index (χ0v) is 38.1. The van der Waals surface area contributed by atoms with E-state index < -0.39 is 0 Å². The first-order valence-corrected chi connectivity index (χ1v) is 17.5. The van der Waals surface area contributed by atoms with E-state index in [9.17, 15) is 0 Å². The molecule has 0 atom stereocenters. The van der Waals surface area contributed by atoms with Crippen molar-refractivity contribution in [3.8, 4) is 33.8 Å². The summed E-state index contributed by atoms with van der Waals surface area (Å²) in [4.78, 5) is 0. The molecular formula is C48H33N3W3. The standard InChI is InChI=1S/3C16H11N.3W/c3*1-3-7-14-13(6-1)11-17-15-8-4-2-5-12(15)9-10-16(14)17;;;/h1,3-10H,11H2;1-3,5-10H,11H2;1-7,9-10H,11H2;;;. The fraction of sp³-hybridized carbons (Fsp3) is 0.0625. The molecule has 3 aliphatic heterocycles. The van der Waals surface area contributed by atoms with E-state index in [1.54, 1.807) is 0 Å². The number of fused-ring (bicyclic) bond motifs is 15. The van der Waals surface area contributed by atoms with Crippen molar-refractivity contribution in [3.63, 3.8) is 0 Å². The first kappa shape index (κ1) is 37.9. The molecule has 9 aromatic rings. The van der Waals surface area contributed by atoms with Gasteiger partial charge in [-0.15, -0.1) is 12.1 Å². The van der Waals surface area contributed by atoms with Crippen LogP contribution in [0.5, 0.6) is 0 Å². The molecule has 0 spiro atoms. The van der Waals surface area contributed by atoms with E-state index in [0.717, 1.165) is 19.6 Å². The molecule has 6 heterocycles. The summed E-state index contributed by atoms with van der Waals surface area (Å²) in [7, 11) is 0. The molecule has 3 nitrogen and oxygen atoms in total. The van der Waals surface area contributed by atoms with Crippen LogP contribution in [0.4, 0.5) is 0 Å². The van der Waals surface area contributed by atoms with E-state index in [1.165, 1.54) is 83.2 Å². The molecule has 0 aliphatic carbocycles. The Hall–Kier alpha value is -4.39. The Morgan fingerprint density at radius 2 is 0.870 bits per heavy atom. The molecule has 0 N–H and O–H groups in total. The van der Waals surface area contributed by atoms with Gasteiger partial charge in [0.2, 0.25) is 17.1 Å². The van der Waals surface area contributed by atoms with Crippen molar-refractivity contribution in [1.29, 1.82) is 0 Å². The number of hydrogen-bond donors (Lipinski definition) is 0. The van der Waals surface area contributed by atoms with E-state index in [2.05, 4.69) is 165 Å². The SMILES string of the molecule is [W].[W].[W].[c-]1ccc2c(c1)ccc1[n+]2Cc2ccccc2-1.[c-]1ccc2ccc3[n+](c2c1)Cc1ccccc1-3.[c-]1cccc2ccc3[n+](c12)Cc1ccccc1-3. The molecular weight excluding hydrogens is 1170 g/mol. The molecule has 6 heteroatoms. The Morgan fingerprint density at radius 1 is 0.370 bits per heavy atom. The number of benzene rings is 6. The maximum atomic E-state index is 3.35. The molecule has 0 saturated carbocycles. The summed E-state index contributed by atoms with van der Waals surface area (Å²) in [6.45, 7) is 2.91. The van der Waals surface area contributed by atoms with Crippen molar-refractivity contribution >= 4 is 32.7 Å². The van der Waals surface area contributed by atoms with Crippen LogP contribution in [0.2, 0.25) is 0 Å². The third-order valence-electron chi connectivity index (χ3n) is 10.5. The molecule has 0 bridgehead atoms. The number of aromatic nitrogens is 3. The van der Waals surface area contributed by atoms with E-state index in [-0.39, 0.29) is 63.2 Å². The summed E-state index contributed by atoms with van der Waals surface area (Å²) in [5, 5.41) is 3.79. The van der Waals surface area contributed by atoms with Gasteiger partial charge in [0.25, 0.3) is 0 Å². The Bertz CT molecular complexity index is 2510. The van der Waals surface area contributed by atoms with Crippen LogP contribution in [0, 0.1) is 18.2 Å². The van der Waals surface area contributed by atoms with Gasteiger partial charge in [-0.25, -0.2) is 13.7 Å². The number of rotatable bonds is 0. The minimum atomic E-state index is 0. The zero-order valence-electron chi connectivity index (χ0n) is 29.3. The summed E-state index contributed by atoms with van der Waals surface area (Å²) in [6.07, 6.45) is 0. The van der Waals surface area contributed by atoms with E-state index >= 15 is 0 Å². The van der Waals surface area contributed by atoms with Crippen LogP contribution in [-0.4, -0.2) is 0 Å². The topological polar surface area (TPSA) is 11.6 Å². The number of pyridine rings is 3. The van der Waals surface area contributed by atoms with Crippen LogP contribution in [0.1, 0.15) is 16.7 Å². The van der Waals surface area contributed by atoms with Gasteiger partial charge in [-0.3, -0.25) is 0 Å². The number of hydrogen-bond acceptors (Lipinski definition) is 0. The van der Waals surface area contributed by atoms with Gasteiger partial charge in [0.1, 0.15) is 16.6 Å². The molecule has 3 aliphatic rings. The van der Waals surface area contributed by atoms with Gasteiger partial charge in [0.05, 0.1) is 16.7 Å². The summed E-state index contributed by atoms with van der Waals surface area (Å²) in [6, 6.07) is 67.2. The van der Waals surface area contributed by atoms with Crippen molar-refractivity contribution in [2.75, 3.05) is 0 Å². The average Bonchev–Trinajstić information content (AvgIpc) is 3.90. The third-order valence-corrected chi connectivity index (χ3v) is 10.5. The molecule has 0 amide bonds. The monoisotopic (exact) mass is 1200 g/mol. The van der Waals surface area contributed by atoms with Crippen LogP contribution in [0.25, 0.3) is 66.5 Å². The van der Waals surface area contributed by atoms with Crippen molar-refractivity contribution in [3.05, 3.63) is 199 Å². The quantitative estimate of drug-likeness (QED) is 0.106. The molecule has 0 fully saturated rings. The molecule has 0 saturated heterocycles. The van der Waals surface area contributed by atoms with E-state index in [4.69, 9.17) is 0 Å². The zero-order chi connectivity index (χ0) is 33.7. The van der Waals surface area contributed by atoms with Crippen molar-refractivity contribution in [2.45, 2.75) is 19.6 Å². The predicted molar refractivity (Wildman–Crippen MR) is 203 cm³/mol. The molecule has 3 aromatic heterocycles. The number of para-hydroxylation sites is 1. The molecule has 12 rings (SSSR count). The molecule has 54 heavy (non-hydrogen) atoms. The predicted octanol–water partition coefficient (Wildman–Crippen LogP) is 8.86. The molecule has 258 valence electrons. The van der Waals surface area contributed by atoms with Gasteiger partial charge in [-0.2, -0.15) is 54.6 Å². The smallest absolute Gasteiger partial charge is 0.211 e. The van der Waals surface area contributed by atoms with Crippen molar-refractivity contribution < 1.29 is 76.9 Å². The first-order valence-electron chi connectivity index (χ1n) is 17.5. The fourth-order valence-electron chi connectivity index (χ4n) is 8.03. The van der Waals surface area contributed by atoms with Gasteiger partial charge in [0.15, 0.2) is 19.6 Å². The maximum absolute atomic E-state index is 3.35. The maximum Gasteiger partial charge on any atom is 0.211 e. The second-order valence-electron chi connectivity index (χ2n) is 13.3. The molecule has 0 radical (unpaired) electrons. The Labute approximate surface area is 358 Å². The van der Waals surface area contributed by atoms with Crippen LogP contribution in [0.15, 0.2) is 164 Å². The summed E-state index contributed by atoms with van der Waals surface area (Å²) < 4.78 is 7.10. The van der Waals surface area contributed by atoms with Gasteiger partial charge >= 0.3 is 0 Å². The van der Waals surface area contributed by atoms with Gasteiger partial charge in [-0.05, 0) is 30.3 Å². The summed E-state index contributed by atoms with van der Waals surface area (Å²) in [5.74, 6) is 0. The van der Waals surface area contributed by atoms with Gasteiger partial charge in [-0.1, -0.05) is 95.0 Å². The van der Waals surface area contributed by atoms with Crippen molar-refractivity contribution in [2.24, 2.45) is 0 Å². The molecule has 0 unspecified atom stereocenters. The van der Waals surface area contributed by atoms with Gasteiger partial charge in [0, 0.05) is 86.0 Å². The summed E-state index contributed by atoms with van der Waals surface area (Å²) >= 11 is 0. The third kappa shape index (κ3) is 6.66. The number of nitrogens with zero attached hydrogens (tertiary/aromatic N) is 3. The Morgan fingerprint density at radius 3 is 1.52 bits per heavy atom. The Balaban J connectivity index is 0.000000122.